The topological polar surface area (TPSA) is 61.9 Å². The highest BCUT2D eigenvalue weighted by molar-refractivity contribution is 5.99. The molecular formula is C8H15N3. The molecule has 1 unspecified atom stereocenters. The first kappa shape index (κ1) is 8.27. The second-order valence-corrected chi connectivity index (χ2v) is 2.87. The molecule has 0 radical (unpaired) electrons. The first-order valence-electron chi connectivity index (χ1n) is 3.96. The molecule has 0 aliphatic heterocycles. The summed E-state index contributed by atoms with van der Waals surface area (Å²) in [6.07, 6.45) is 4.78. The standard InChI is InChI=1S/C8H15N3/c1-11-5-6-7(9)3-2-4-8(6)10/h5,7,10-11H,2-4,9H2,1H3/b6-5-,10-8?. The van der Waals surface area contributed by atoms with E-state index in [0.29, 0.717) is 5.71 Å². The maximum absolute atomic E-state index is 7.59. The molecule has 11 heavy (non-hydrogen) atoms. The van der Waals surface area contributed by atoms with Crippen LogP contribution in [0, 0.1) is 5.41 Å². The molecule has 1 saturated carbocycles. The van der Waals surface area contributed by atoms with Crippen molar-refractivity contribution in [2.24, 2.45) is 5.73 Å². The van der Waals surface area contributed by atoms with Gasteiger partial charge in [0, 0.05) is 30.6 Å². The van der Waals surface area contributed by atoms with E-state index in [2.05, 4.69) is 5.32 Å². The van der Waals surface area contributed by atoms with Crippen LogP contribution in [-0.4, -0.2) is 18.8 Å². The van der Waals surface area contributed by atoms with E-state index in [0.717, 1.165) is 24.8 Å². The highest BCUT2D eigenvalue weighted by Gasteiger charge is 2.18. The van der Waals surface area contributed by atoms with Gasteiger partial charge in [-0.25, -0.2) is 0 Å². The lowest BCUT2D eigenvalue weighted by Gasteiger charge is -2.22. The van der Waals surface area contributed by atoms with Crippen LogP contribution in [0.25, 0.3) is 0 Å². The molecule has 4 N–H and O–H groups in total. The third-order valence-corrected chi connectivity index (χ3v) is 1.99. The van der Waals surface area contributed by atoms with Gasteiger partial charge in [-0.2, -0.15) is 0 Å². The minimum absolute atomic E-state index is 0.0729. The van der Waals surface area contributed by atoms with Gasteiger partial charge in [-0.1, -0.05) is 0 Å². The van der Waals surface area contributed by atoms with Crippen molar-refractivity contribution < 1.29 is 0 Å². The smallest absolute Gasteiger partial charge is 0.0376 e. The van der Waals surface area contributed by atoms with Gasteiger partial charge < -0.3 is 16.5 Å². The van der Waals surface area contributed by atoms with E-state index in [-0.39, 0.29) is 6.04 Å². The summed E-state index contributed by atoms with van der Waals surface area (Å²) in [5.41, 5.74) is 7.47. The van der Waals surface area contributed by atoms with Gasteiger partial charge in [-0.15, -0.1) is 0 Å². The molecule has 0 aromatic carbocycles. The van der Waals surface area contributed by atoms with Crippen LogP contribution in [0.5, 0.6) is 0 Å². The summed E-state index contributed by atoms with van der Waals surface area (Å²) in [6.45, 7) is 0. The minimum Gasteiger partial charge on any atom is -0.394 e. The molecule has 1 rings (SSSR count). The lowest BCUT2D eigenvalue weighted by molar-refractivity contribution is 0.636. The highest BCUT2D eigenvalue weighted by Crippen LogP contribution is 2.18. The Morgan fingerprint density at radius 3 is 3.00 bits per heavy atom. The Morgan fingerprint density at radius 2 is 2.45 bits per heavy atom. The van der Waals surface area contributed by atoms with Gasteiger partial charge >= 0.3 is 0 Å². The van der Waals surface area contributed by atoms with Crippen molar-refractivity contribution in [3.8, 4) is 0 Å². The second-order valence-electron chi connectivity index (χ2n) is 2.87. The Bertz CT molecular complexity index is 184. The van der Waals surface area contributed by atoms with Gasteiger partial charge in [0.15, 0.2) is 0 Å². The first-order chi connectivity index (χ1) is 5.25. The zero-order chi connectivity index (χ0) is 8.27. The van der Waals surface area contributed by atoms with Crippen molar-refractivity contribution in [1.82, 2.24) is 5.32 Å². The van der Waals surface area contributed by atoms with Crippen molar-refractivity contribution in [1.29, 1.82) is 5.41 Å². The molecule has 1 fully saturated rings. The van der Waals surface area contributed by atoms with Crippen LogP contribution in [0.1, 0.15) is 19.3 Å². The SMILES string of the molecule is CN/C=C1\C(=N)CCCC1N. The van der Waals surface area contributed by atoms with Crippen LogP contribution in [-0.2, 0) is 0 Å². The molecule has 0 heterocycles. The Hall–Kier alpha value is -0.830. The lowest BCUT2D eigenvalue weighted by atomic mass is 9.89. The summed E-state index contributed by atoms with van der Waals surface area (Å²) in [4.78, 5) is 0. The van der Waals surface area contributed by atoms with Crippen LogP contribution in [0.3, 0.4) is 0 Å². The van der Waals surface area contributed by atoms with Gasteiger partial charge in [-0.05, 0) is 19.3 Å². The van der Waals surface area contributed by atoms with Crippen molar-refractivity contribution in [2.45, 2.75) is 25.3 Å². The Balaban J connectivity index is 2.70. The maximum atomic E-state index is 7.59. The summed E-state index contributed by atoms with van der Waals surface area (Å²) in [5.74, 6) is 0. The molecule has 1 aliphatic carbocycles. The van der Waals surface area contributed by atoms with E-state index >= 15 is 0 Å². The number of hydrogen-bond donors (Lipinski definition) is 3. The largest absolute Gasteiger partial charge is 0.394 e. The van der Waals surface area contributed by atoms with Gasteiger partial charge in [-0.3, -0.25) is 0 Å². The molecule has 3 heteroatoms. The van der Waals surface area contributed by atoms with E-state index in [1.165, 1.54) is 0 Å². The van der Waals surface area contributed by atoms with Crippen molar-refractivity contribution in [3.05, 3.63) is 11.8 Å². The second kappa shape index (κ2) is 3.53. The zero-order valence-corrected chi connectivity index (χ0v) is 6.85. The molecule has 0 spiro atoms. The fourth-order valence-electron chi connectivity index (χ4n) is 1.37. The van der Waals surface area contributed by atoms with E-state index in [1.54, 1.807) is 0 Å². The molecule has 1 aliphatic rings. The van der Waals surface area contributed by atoms with E-state index in [4.69, 9.17) is 11.1 Å². The summed E-state index contributed by atoms with van der Waals surface area (Å²) in [7, 11) is 1.83. The molecule has 0 saturated heterocycles. The molecular weight excluding hydrogens is 138 g/mol. The fraction of sp³-hybridized carbons (Fsp3) is 0.625. The highest BCUT2D eigenvalue weighted by atomic mass is 14.8. The van der Waals surface area contributed by atoms with E-state index < -0.39 is 0 Å². The normalized spacial score (nSPS) is 29.1. The zero-order valence-electron chi connectivity index (χ0n) is 6.85. The Kier molecular flexibility index (Phi) is 2.65. The van der Waals surface area contributed by atoms with E-state index in [1.807, 2.05) is 13.2 Å². The number of nitrogens with two attached hydrogens (primary N) is 1. The maximum Gasteiger partial charge on any atom is 0.0376 e. The molecule has 0 aromatic rings. The van der Waals surface area contributed by atoms with Crippen LogP contribution >= 0.6 is 0 Å². The number of rotatable bonds is 1. The molecule has 62 valence electrons. The van der Waals surface area contributed by atoms with Crippen LogP contribution in [0.2, 0.25) is 0 Å². The molecule has 0 aromatic heterocycles. The summed E-state index contributed by atoms with van der Waals surface area (Å²) in [5, 5.41) is 10.5. The van der Waals surface area contributed by atoms with Gasteiger partial charge in [0.2, 0.25) is 0 Å². The molecule has 3 nitrogen and oxygen atoms in total. The Labute approximate surface area is 67.2 Å². The number of hydrogen-bond acceptors (Lipinski definition) is 3. The average Bonchev–Trinajstić information content (AvgIpc) is 1.97. The predicted molar refractivity (Wildman–Crippen MR) is 46.7 cm³/mol. The minimum atomic E-state index is 0.0729. The van der Waals surface area contributed by atoms with Crippen LogP contribution in [0.4, 0.5) is 0 Å². The fourth-order valence-corrected chi connectivity index (χ4v) is 1.37. The van der Waals surface area contributed by atoms with E-state index in [9.17, 15) is 0 Å². The monoisotopic (exact) mass is 153 g/mol. The molecule has 0 amide bonds. The van der Waals surface area contributed by atoms with Gasteiger partial charge in [0.1, 0.15) is 0 Å². The molecule has 0 bridgehead atoms. The van der Waals surface area contributed by atoms with Crippen LogP contribution < -0.4 is 11.1 Å². The third-order valence-electron chi connectivity index (χ3n) is 1.99. The summed E-state index contributed by atoms with van der Waals surface area (Å²) in [6, 6.07) is 0.0729. The van der Waals surface area contributed by atoms with Crippen molar-refractivity contribution in [3.63, 3.8) is 0 Å². The van der Waals surface area contributed by atoms with Gasteiger partial charge in [0.05, 0.1) is 0 Å². The predicted octanol–water partition coefficient (Wildman–Crippen LogP) is 0.621. The lowest BCUT2D eigenvalue weighted by Crippen LogP contribution is -2.32. The van der Waals surface area contributed by atoms with Crippen molar-refractivity contribution in [2.75, 3.05) is 7.05 Å². The van der Waals surface area contributed by atoms with Gasteiger partial charge in [0.25, 0.3) is 0 Å². The summed E-state index contributed by atoms with van der Waals surface area (Å²) < 4.78 is 0. The van der Waals surface area contributed by atoms with Crippen molar-refractivity contribution >= 4 is 5.71 Å². The molecule has 1 atom stereocenters. The summed E-state index contributed by atoms with van der Waals surface area (Å²) >= 11 is 0. The quantitative estimate of drug-likeness (QED) is 0.517. The first-order valence-corrected chi connectivity index (χ1v) is 3.96. The average molecular weight is 153 g/mol. The third kappa shape index (κ3) is 1.80. The Morgan fingerprint density at radius 1 is 1.73 bits per heavy atom. The van der Waals surface area contributed by atoms with Crippen LogP contribution in [0.15, 0.2) is 11.8 Å². The number of nitrogens with one attached hydrogen (secondary N) is 2.